The number of hydrogen-bond acceptors (Lipinski definition) is 3. The zero-order valence-electron chi connectivity index (χ0n) is 29.4. The number of imidazole rings is 2. The van der Waals surface area contributed by atoms with Crippen LogP contribution in [0.2, 0.25) is 0 Å². The van der Waals surface area contributed by atoms with Crippen LogP contribution in [-0.2, 0) is 31.9 Å². The van der Waals surface area contributed by atoms with Crippen LogP contribution < -0.4 is 4.74 Å². The monoisotopic (exact) mass is 846 g/mol. The van der Waals surface area contributed by atoms with E-state index in [1.165, 1.54) is 5.56 Å². The molecule has 0 aliphatic rings. The first-order valence-electron chi connectivity index (χ1n) is 17.1. The van der Waals surface area contributed by atoms with Gasteiger partial charge < -0.3 is 13.9 Å². The predicted molar refractivity (Wildman–Crippen MR) is 203 cm³/mol. The van der Waals surface area contributed by atoms with Crippen molar-refractivity contribution in [1.82, 2.24) is 23.5 Å². The number of rotatable bonds is 4. The maximum Gasteiger partial charge on any atom is 2.00 e. The second-order valence-corrected chi connectivity index (χ2v) is 15.1. The molecule has 0 atom stereocenters. The van der Waals surface area contributed by atoms with Crippen LogP contribution in [0.4, 0.5) is 0 Å². The molecule has 0 radical (unpaired) electrons. The summed E-state index contributed by atoms with van der Waals surface area (Å²) in [7, 11) is 0. The largest absolute Gasteiger partial charge is 2.00 e. The molecule has 51 heavy (non-hydrogen) atoms. The molecule has 0 saturated carbocycles. The number of fused-ring (bicyclic) bond motifs is 8. The van der Waals surface area contributed by atoms with Crippen LogP contribution in [0, 0.1) is 12.1 Å². The maximum absolute atomic E-state index is 6.72. The van der Waals surface area contributed by atoms with Gasteiger partial charge in [0.1, 0.15) is 5.82 Å². The molecular weight excluding hydrogens is 810 g/mol. The first kappa shape index (κ1) is 33.0. The average molecular weight is 847 g/mol. The Morgan fingerprint density at radius 2 is 1.27 bits per heavy atom. The van der Waals surface area contributed by atoms with E-state index in [1.54, 1.807) is 0 Å². The number of nitrogens with zero attached hydrogens (tertiary/aromatic N) is 5. The van der Waals surface area contributed by atoms with Gasteiger partial charge in [0.25, 0.3) is 0 Å². The third kappa shape index (κ3) is 5.44. The van der Waals surface area contributed by atoms with Crippen LogP contribution in [0.15, 0.2) is 115 Å². The summed E-state index contributed by atoms with van der Waals surface area (Å²) in [4.78, 5) is 9.94. The Balaban J connectivity index is 0.00000374. The Labute approximate surface area is 311 Å². The number of hydrogen-bond donors (Lipinski definition) is 0. The van der Waals surface area contributed by atoms with E-state index in [-0.39, 0.29) is 31.9 Å². The Bertz CT molecular complexity index is 2770. The van der Waals surface area contributed by atoms with E-state index >= 15 is 0 Å². The Kier molecular flexibility index (Phi) is 7.73. The van der Waals surface area contributed by atoms with Crippen LogP contribution in [0.25, 0.3) is 61.2 Å². The fraction of sp³-hybridized carbons (Fsp3) is 0.182. The maximum atomic E-state index is 6.72. The van der Waals surface area contributed by atoms with Gasteiger partial charge in [-0.3, -0.25) is 4.40 Å². The minimum atomic E-state index is -0.148. The van der Waals surface area contributed by atoms with Crippen LogP contribution in [0.3, 0.4) is 0 Å². The molecule has 254 valence electrons. The molecule has 4 heterocycles. The van der Waals surface area contributed by atoms with E-state index in [1.807, 2.05) is 18.3 Å². The molecule has 0 spiro atoms. The quantitative estimate of drug-likeness (QED) is 0.166. The number of ether oxygens (including phenoxy) is 1. The van der Waals surface area contributed by atoms with Gasteiger partial charge in [0.15, 0.2) is 0 Å². The molecule has 9 rings (SSSR count). The molecular formula is C44H37N5OPt. The predicted octanol–water partition coefficient (Wildman–Crippen LogP) is 10.9. The van der Waals surface area contributed by atoms with Gasteiger partial charge in [0.2, 0.25) is 5.78 Å². The van der Waals surface area contributed by atoms with Crippen molar-refractivity contribution in [3.63, 3.8) is 0 Å². The topological polar surface area (TPSA) is 49.3 Å². The van der Waals surface area contributed by atoms with Gasteiger partial charge in [-0.2, -0.15) is 6.07 Å². The number of benzene rings is 5. The fourth-order valence-corrected chi connectivity index (χ4v) is 7.02. The van der Waals surface area contributed by atoms with E-state index in [2.05, 4.69) is 164 Å². The van der Waals surface area contributed by atoms with Crippen LogP contribution >= 0.6 is 0 Å². The van der Waals surface area contributed by atoms with Gasteiger partial charge in [0, 0.05) is 23.2 Å². The molecule has 4 aromatic heterocycles. The van der Waals surface area contributed by atoms with Crippen molar-refractivity contribution < 1.29 is 25.8 Å². The smallest absolute Gasteiger partial charge is 0.509 e. The molecule has 0 N–H and O–H groups in total. The molecule has 0 unspecified atom stereocenters. The first-order chi connectivity index (χ1) is 24.0. The van der Waals surface area contributed by atoms with Crippen molar-refractivity contribution in [1.29, 1.82) is 0 Å². The molecule has 0 aliphatic carbocycles. The standard InChI is InChI=1S/C44H37N5O.Pt/c1-43(2,3)28-21-22-45-41(25-28)48-36-15-9-7-13-33(36)34-20-19-31(27-40(34)48)50-32-24-29(44(4,5)6)23-30(26-32)47-38-17-11-12-18-39(38)49-37-16-10-8-14-35(37)46-42(47)49;/h7-25H,1-6H3;/q-2;+2. The van der Waals surface area contributed by atoms with Crippen molar-refractivity contribution in [3.05, 3.63) is 139 Å². The Hall–Kier alpha value is -5.19. The minimum absolute atomic E-state index is 0. The molecule has 0 bridgehead atoms. The molecule has 0 fully saturated rings. The van der Waals surface area contributed by atoms with E-state index in [0.29, 0.717) is 11.5 Å². The van der Waals surface area contributed by atoms with E-state index < -0.39 is 0 Å². The van der Waals surface area contributed by atoms with E-state index in [4.69, 9.17) is 14.7 Å². The van der Waals surface area contributed by atoms with Gasteiger partial charge in [-0.05, 0) is 64.2 Å². The zero-order chi connectivity index (χ0) is 34.4. The van der Waals surface area contributed by atoms with Crippen molar-refractivity contribution in [3.8, 4) is 23.0 Å². The second-order valence-electron chi connectivity index (χ2n) is 15.1. The summed E-state index contributed by atoms with van der Waals surface area (Å²) in [6.07, 6.45) is 1.90. The van der Waals surface area contributed by atoms with Crippen molar-refractivity contribution >= 4 is 49.7 Å². The molecule has 0 saturated heterocycles. The minimum Gasteiger partial charge on any atom is -0.509 e. The summed E-state index contributed by atoms with van der Waals surface area (Å²) in [6, 6.07) is 45.1. The van der Waals surface area contributed by atoms with Gasteiger partial charge >= 0.3 is 21.1 Å². The third-order valence-corrected chi connectivity index (χ3v) is 9.66. The van der Waals surface area contributed by atoms with E-state index in [0.717, 1.165) is 66.7 Å². The summed E-state index contributed by atoms with van der Waals surface area (Å²) in [5, 5.41) is 2.24. The first-order valence-corrected chi connectivity index (χ1v) is 17.1. The fourth-order valence-electron chi connectivity index (χ4n) is 7.02. The van der Waals surface area contributed by atoms with Gasteiger partial charge in [-0.25, -0.2) is 9.97 Å². The molecule has 9 aromatic rings. The summed E-state index contributed by atoms with van der Waals surface area (Å²) < 4.78 is 13.3. The molecule has 5 aromatic carbocycles. The average Bonchev–Trinajstić information content (AvgIpc) is 3.74. The summed E-state index contributed by atoms with van der Waals surface area (Å²) in [5.41, 5.74) is 9.21. The van der Waals surface area contributed by atoms with Gasteiger partial charge in [0.05, 0.1) is 22.1 Å². The van der Waals surface area contributed by atoms with Crippen LogP contribution in [-0.4, -0.2) is 23.5 Å². The van der Waals surface area contributed by atoms with E-state index in [9.17, 15) is 0 Å². The normalized spacial score (nSPS) is 12.4. The van der Waals surface area contributed by atoms with Gasteiger partial charge in [-0.1, -0.05) is 95.2 Å². The van der Waals surface area contributed by atoms with Crippen molar-refractivity contribution in [2.75, 3.05) is 0 Å². The van der Waals surface area contributed by atoms with Gasteiger partial charge in [-0.15, -0.1) is 41.3 Å². The van der Waals surface area contributed by atoms with Crippen molar-refractivity contribution in [2.45, 2.75) is 52.4 Å². The summed E-state index contributed by atoms with van der Waals surface area (Å²) in [5.74, 6) is 2.92. The zero-order valence-corrected chi connectivity index (χ0v) is 31.7. The summed E-state index contributed by atoms with van der Waals surface area (Å²) >= 11 is 0. The molecule has 0 amide bonds. The molecule has 0 aliphatic heterocycles. The Morgan fingerprint density at radius 1 is 0.588 bits per heavy atom. The SMILES string of the molecule is CC(C)(C)c1cc(Oc2[c-]c3c(cc2)c2ccccc2n3-c2cc(C(C)(C)C)ccn2)[c-]c(-n2c3ccccc3n3c4ccccc4nc23)c1.[Pt+2]. The number of aromatic nitrogens is 5. The third-order valence-electron chi connectivity index (χ3n) is 9.66. The van der Waals surface area contributed by atoms with Crippen LogP contribution in [0.1, 0.15) is 52.7 Å². The number of pyridine rings is 1. The molecule has 6 nitrogen and oxygen atoms in total. The number of para-hydroxylation sites is 5. The van der Waals surface area contributed by atoms with Crippen molar-refractivity contribution in [2.24, 2.45) is 0 Å². The second kappa shape index (κ2) is 12.0. The molecule has 7 heteroatoms. The summed E-state index contributed by atoms with van der Waals surface area (Å²) in [6.45, 7) is 13.3. The van der Waals surface area contributed by atoms with Crippen LogP contribution in [0.5, 0.6) is 11.5 Å². The Morgan fingerprint density at radius 3 is 2.04 bits per heavy atom.